The summed E-state index contributed by atoms with van der Waals surface area (Å²) in [7, 11) is 0. The molecule has 0 fully saturated rings. The van der Waals surface area contributed by atoms with Crippen LogP contribution >= 0.6 is 0 Å². The SMILES string of the molecule is CCN(Cc1nc(C(N)=O)no1)C[C@@H](O)c1cccc(O)c1. The average Bonchev–Trinajstić information content (AvgIpc) is 2.95. The van der Waals surface area contributed by atoms with Crippen molar-refractivity contribution in [2.24, 2.45) is 5.73 Å². The summed E-state index contributed by atoms with van der Waals surface area (Å²) in [6.07, 6.45) is -0.773. The lowest BCUT2D eigenvalue weighted by atomic mass is 10.1. The number of aromatic nitrogens is 2. The fraction of sp³-hybridized carbons (Fsp3) is 0.357. The zero-order chi connectivity index (χ0) is 16.1. The van der Waals surface area contributed by atoms with Gasteiger partial charge < -0.3 is 20.5 Å². The minimum atomic E-state index is -0.773. The van der Waals surface area contributed by atoms with Gasteiger partial charge in [0.1, 0.15) is 5.75 Å². The molecule has 1 heterocycles. The Kier molecular flexibility index (Phi) is 5.08. The van der Waals surface area contributed by atoms with Gasteiger partial charge in [-0.25, -0.2) is 0 Å². The molecule has 1 amide bonds. The fourth-order valence-electron chi connectivity index (χ4n) is 2.00. The van der Waals surface area contributed by atoms with Gasteiger partial charge in [0.25, 0.3) is 11.7 Å². The number of rotatable bonds is 7. The third-order valence-electron chi connectivity index (χ3n) is 3.18. The highest BCUT2D eigenvalue weighted by molar-refractivity contribution is 5.88. The summed E-state index contributed by atoms with van der Waals surface area (Å²) in [5, 5.41) is 23.1. The number of primary amides is 1. The molecule has 4 N–H and O–H groups in total. The maximum atomic E-state index is 10.9. The maximum Gasteiger partial charge on any atom is 0.290 e. The van der Waals surface area contributed by atoms with Gasteiger partial charge in [0.05, 0.1) is 12.6 Å². The van der Waals surface area contributed by atoms with E-state index in [1.807, 2.05) is 11.8 Å². The quantitative estimate of drug-likeness (QED) is 0.677. The van der Waals surface area contributed by atoms with Crippen LogP contribution in [0.2, 0.25) is 0 Å². The Hall–Kier alpha value is -2.45. The molecule has 1 atom stereocenters. The minimum Gasteiger partial charge on any atom is -0.508 e. The highest BCUT2D eigenvalue weighted by Crippen LogP contribution is 2.19. The number of amides is 1. The number of hydrogen-bond acceptors (Lipinski definition) is 7. The number of phenols is 1. The largest absolute Gasteiger partial charge is 0.508 e. The van der Waals surface area contributed by atoms with Crippen LogP contribution in [0.3, 0.4) is 0 Å². The summed E-state index contributed by atoms with van der Waals surface area (Å²) < 4.78 is 4.94. The number of aromatic hydroxyl groups is 1. The van der Waals surface area contributed by atoms with Crippen LogP contribution in [0.5, 0.6) is 5.75 Å². The monoisotopic (exact) mass is 306 g/mol. The van der Waals surface area contributed by atoms with Crippen LogP contribution in [0.1, 0.15) is 35.1 Å². The number of nitrogens with zero attached hydrogens (tertiary/aromatic N) is 3. The number of benzene rings is 1. The summed E-state index contributed by atoms with van der Waals surface area (Å²) in [4.78, 5) is 16.7. The summed E-state index contributed by atoms with van der Waals surface area (Å²) in [6, 6.07) is 6.45. The Bertz CT molecular complexity index is 643. The van der Waals surface area contributed by atoms with E-state index in [1.165, 1.54) is 12.1 Å². The molecule has 0 aliphatic heterocycles. The molecule has 0 saturated heterocycles. The zero-order valence-corrected chi connectivity index (χ0v) is 12.1. The third-order valence-corrected chi connectivity index (χ3v) is 3.18. The van der Waals surface area contributed by atoms with Crippen molar-refractivity contribution in [3.05, 3.63) is 41.5 Å². The average molecular weight is 306 g/mol. The standard InChI is InChI=1S/C14H18N4O4/c1-2-18(8-12-16-14(13(15)21)17-22-12)7-11(20)9-4-3-5-10(19)6-9/h3-6,11,19-20H,2,7-8H2,1H3,(H2,15,21)/t11-/m1/s1. The van der Waals surface area contributed by atoms with Gasteiger partial charge in [-0.2, -0.15) is 4.98 Å². The van der Waals surface area contributed by atoms with Crippen molar-refractivity contribution in [1.29, 1.82) is 0 Å². The molecule has 8 heteroatoms. The van der Waals surface area contributed by atoms with Crippen molar-refractivity contribution in [3.63, 3.8) is 0 Å². The Morgan fingerprint density at radius 1 is 1.50 bits per heavy atom. The summed E-state index contributed by atoms with van der Waals surface area (Å²) in [5.74, 6) is -0.571. The van der Waals surface area contributed by atoms with Gasteiger partial charge >= 0.3 is 0 Å². The molecule has 0 bridgehead atoms. The van der Waals surface area contributed by atoms with E-state index in [1.54, 1.807) is 12.1 Å². The van der Waals surface area contributed by atoms with E-state index in [9.17, 15) is 15.0 Å². The fourth-order valence-corrected chi connectivity index (χ4v) is 2.00. The Morgan fingerprint density at radius 3 is 2.86 bits per heavy atom. The first kappa shape index (κ1) is 15.9. The molecular formula is C14H18N4O4. The molecule has 118 valence electrons. The van der Waals surface area contributed by atoms with Gasteiger partial charge in [0.2, 0.25) is 5.89 Å². The highest BCUT2D eigenvalue weighted by atomic mass is 16.5. The van der Waals surface area contributed by atoms with E-state index in [0.29, 0.717) is 18.7 Å². The second-order valence-electron chi connectivity index (χ2n) is 4.81. The van der Waals surface area contributed by atoms with Gasteiger partial charge in [-0.15, -0.1) is 0 Å². The van der Waals surface area contributed by atoms with Gasteiger partial charge in [-0.05, 0) is 24.2 Å². The van der Waals surface area contributed by atoms with E-state index in [-0.39, 0.29) is 24.0 Å². The molecule has 0 radical (unpaired) electrons. The highest BCUT2D eigenvalue weighted by Gasteiger charge is 2.17. The molecule has 22 heavy (non-hydrogen) atoms. The van der Waals surface area contributed by atoms with Crippen LogP contribution in [0.15, 0.2) is 28.8 Å². The minimum absolute atomic E-state index is 0.0996. The van der Waals surface area contributed by atoms with Crippen molar-refractivity contribution < 1.29 is 19.5 Å². The van der Waals surface area contributed by atoms with Crippen molar-refractivity contribution in [2.75, 3.05) is 13.1 Å². The number of aliphatic hydroxyl groups is 1. The van der Waals surface area contributed by atoms with Crippen molar-refractivity contribution in [1.82, 2.24) is 15.0 Å². The first-order valence-corrected chi connectivity index (χ1v) is 6.81. The molecule has 2 rings (SSSR count). The number of nitrogens with two attached hydrogens (primary N) is 1. The summed E-state index contributed by atoms with van der Waals surface area (Å²) >= 11 is 0. The smallest absolute Gasteiger partial charge is 0.290 e. The number of hydrogen-bond donors (Lipinski definition) is 3. The van der Waals surface area contributed by atoms with Gasteiger partial charge in [-0.3, -0.25) is 9.69 Å². The summed E-state index contributed by atoms with van der Waals surface area (Å²) in [5.41, 5.74) is 5.67. The van der Waals surface area contributed by atoms with Crippen LogP contribution in [-0.4, -0.2) is 44.3 Å². The molecule has 2 aromatic rings. The van der Waals surface area contributed by atoms with E-state index in [0.717, 1.165) is 0 Å². The maximum absolute atomic E-state index is 10.9. The first-order chi connectivity index (χ1) is 10.5. The van der Waals surface area contributed by atoms with Crippen molar-refractivity contribution in [2.45, 2.75) is 19.6 Å². The Labute approximate surface area is 127 Å². The van der Waals surface area contributed by atoms with Crippen LogP contribution in [0.25, 0.3) is 0 Å². The van der Waals surface area contributed by atoms with Gasteiger partial charge in [0, 0.05) is 6.54 Å². The number of likely N-dealkylation sites (N-methyl/N-ethyl adjacent to an activating group) is 1. The van der Waals surface area contributed by atoms with Crippen LogP contribution in [-0.2, 0) is 6.54 Å². The third kappa shape index (κ3) is 4.03. The normalized spacial score (nSPS) is 12.5. The predicted octanol–water partition coefficient (Wildman–Crippen LogP) is 0.430. The molecule has 0 aliphatic carbocycles. The molecule has 0 unspecified atom stereocenters. The van der Waals surface area contributed by atoms with E-state index >= 15 is 0 Å². The lowest BCUT2D eigenvalue weighted by Crippen LogP contribution is -2.28. The number of phenolic OH excluding ortho intramolecular Hbond substituents is 1. The van der Waals surface area contributed by atoms with E-state index in [2.05, 4.69) is 10.1 Å². The molecule has 0 spiro atoms. The zero-order valence-electron chi connectivity index (χ0n) is 12.1. The molecule has 0 aliphatic rings. The second kappa shape index (κ2) is 7.01. The predicted molar refractivity (Wildman–Crippen MR) is 76.8 cm³/mol. The van der Waals surface area contributed by atoms with Crippen molar-refractivity contribution in [3.8, 4) is 5.75 Å². The number of carbonyl (C=O) groups is 1. The number of aliphatic hydroxyl groups excluding tert-OH is 1. The molecule has 1 aromatic heterocycles. The second-order valence-corrected chi connectivity index (χ2v) is 4.81. The van der Waals surface area contributed by atoms with E-state index < -0.39 is 12.0 Å². The van der Waals surface area contributed by atoms with E-state index in [4.69, 9.17) is 10.3 Å². The summed E-state index contributed by atoms with van der Waals surface area (Å²) in [6.45, 7) is 3.14. The topological polar surface area (TPSA) is 126 Å². The first-order valence-electron chi connectivity index (χ1n) is 6.81. The molecular weight excluding hydrogens is 288 g/mol. The van der Waals surface area contributed by atoms with Crippen LogP contribution in [0.4, 0.5) is 0 Å². The molecule has 0 saturated carbocycles. The van der Waals surface area contributed by atoms with Gasteiger partial charge in [-0.1, -0.05) is 24.2 Å². The number of carbonyl (C=O) groups excluding carboxylic acids is 1. The van der Waals surface area contributed by atoms with Crippen molar-refractivity contribution >= 4 is 5.91 Å². The Balaban J connectivity index is 2.00. The lowest BCUT2D eigenvalue weighted by Gasteiger charge is -2.22. The van der Waals surface area contributed by atoms with Crippen LogP contribution in [0, 0.1) is 0 Å². The molecule has 1 aromatic carbocycles. The van der Waals surface area contributed by atoms with Gasteiger partial charge in [0.15, 0.2) is 0 Å². The Morgan fingerprint density at radius 2 is 2.27 bits per heavy atom. The lowest BCUT2D eigenvalue weighted by molar-refractivity contribution is 0.0987. The van der Waals surface area contributed by atoms with Crippen LogP contribution < -0.4 is 5.73 Å². The molecule has 8 nitrogen and oxygen atoms in total.